The third-order valence-electron chi connectivity index (χ3n) is 5.10. The maximum Gasteiger partial charge on any atom is 0.224 e. The first-order chi connectivity index (χ1) is 12.1. The van der Waals surface area contributed by atoms with E-state index in [1.165, 1.54) is 16.2 Å². The molecule has 0 saturated carbocycles. The molecule has 6 nitrogen and oxygen atoms in total. The Hall–Kier alpha value is -2.15. The summed E-state index contributed by atoms with van der Waals surface area (Å²) in [7, 11) is 0. The molecule has 4 rings (SSSR count). The largest absolute Gasteiger partial charge is 0.343 e. The number of carbonyl (C=O) groups excluding carboxylic acids is 1. The summed E-state index contributed by atoms with van der Waals surface area (Å²) < 4.78 is 4.21. The second-order valence-electron chi connectivity index (χ2n) is 6.77. The van der Waals surface area contributed by atoms with Crippen molar-refractivity contribution in [3.05, 3.63) is 41.3 Å². The first-order valence-corrected chi connectivity index (χ1v) is 9.68. The van der Waals surface area contributed by atoms with Crippen molar-refractivity contribution in [1.29, 1.82) is 0 Å². The van der Waals surface area contributed by atoms with E-state index in [2.05, 4.69) is 28.6 Å². The number of piperidine rings is 1. The van der Waals surface area contributed by atoms with Crippen LogP contribution >= 0.6 is 11.3 Å². The van der Waals surface area contributed by atoms with E-state index in [0.717, 1.165) is 31.8 Å². The van der Waals surface area contributed by atoms with E-state index in [1.807, 2.05) is 15.7 Å². The van der Waals surface area contributed by atoms with Crippen LogP contribution in [-0.2, 0) is 11.3 Å². The molecule has 0 N–H and O–H groups in total. The fourth-order valence-electron chi connectivity index (χ4n) is 3.73. The number of hydrogen-bond donors (Lipinski definition) is 0. The Morgan fingerprint density at radius 3 is 2.84 bits per heavy atom. The third kappa shape index (κ3) is 3.08. The van der Waals surface area contributed by atoms with E-state index in [1.54, 1.807) is 23.9 Å². The molecule has 4 heterocycles. The molecule has 0 unspecified atom stereocenters. The number of thiazole rings is 1. The van der Waals surface area contributed by atoms with Crippen LogP contribution < -0.4 is 0 Å². The second-order valence-corrected chi connectivity index (χ2v) is 7.63. The van der Waals surface area contributed by atoms with Gasteiger partial charge in [0.25, 0.3) is 0 Å². The van der Waals surface area contributed by atoms with Crippen molar-refractivity contribution in [1.82, 2.24) is 23.8 Å². The van der Waals surface area contributed by atoms with Crippen LogP contribution in [0.25, 0.3) is 4.83 Å². The number of rotatable bonds is 4. The molecule has 0 aliphatic carbocycles. The van der Waals surface area contributed by atoms with Crippen molar-refractivity contribution in [2.24, 2.45) is 0 Å². The van der Waals surface area contributed by atoms with E-state index in [-0.39, 0.29) is 5.91 Å². The summed E-state index contributed by atoms with van der Waals surface area (Å²) in [5.74, 6) is 1.77. The van der Waals surface area contributed by atoms with Gasteiger partial charge in [-0.2, -0.15) is 0 Å². The minimum atomic E-state index is 0.241. The molecular formula is C18H23N5OS. The average molecular weight is 357 g/mol. The van der Waals surface area contributed by atoms with Crippen LogP contribution in [0.1, 0.15) is 42.4 Å². The monoisotopic (exact) mass is 357 g/mol. The smallest absolute Gasteiger partial charge is 0.224 e. The summed E-state index contributed by atoms with van der Waals surface area (Å²) in [6, 6.07) is 0. The van der Waals surface area contributed by atoms with Crippen molar-refractivity contribution in [3.63, 3.8) is 0 Å². The van der Waals surface area contributed by atoms with Crippen molar-refractivity contribution >= 4 is 22.1 Å². The predicted molar refractivity (Wildman–Crippen MR) is 97.9 cm³/mol. The summed E-state index contributed by atoms with van der Waals surface area (Å²) in [4.78, 5) is 24.6. The highest BCUT2D eigenvalue weighted by atomic mass is 32.1. The molecule has 1 aliphatic rings. The zero-order valence-corrected chi connectivity index (χ0v) is 15.5. The van der Waals surface area contributed by atoms with Crippen LogP contribution in [0.3, 0.4) is 0 Å². The van der Waals surface area contributed by atoms with Gasteiger partial charge in [0.15, 0.2) is 0 Å². The summed E-state index contributed by atoms with van der Waals surface area (Å²) in [6.07, 6.45) is 7.94. The SMILES string of the molecule is Cc1csc2c(C3CCN(C(=O)CCn4ccnc4)CC3)nc(C)n12. The maximum absolute atomic E-state index is 12.4. The topological polar surface area (TPSA) is 55.4 Å². The number of likely N-dealkylation sites (tertiary alicyclic amines) is 1. The molecule has 3 aromatic rings. The zero-order chi connectivity index (χ0) is 17.4. The minimum absolute atomic E-state index is 0.241. The molecule has 25 heavy (non-hydrogen) atoms. The van der Waals surface area contributed by atoms with Crippen LogP contribution in [0.4, 0.5) is 0 Å². The van der Waals surface area contributed by atoms with E-state index >= 15 is 0 Å². The minimum Gasteiger partial charge on any atom is -0.343 e. The number of carbonyl (C=O) groups is 1. The van der Waals surface area contributed by atoms with Crippen molar-refractivity contribution in [2.45, 2.75) is 45.6 Å². The highest BCUT2D eigenvalue weighted by Gasteiger charge is 2.27. The fourth-order valence-corrected chi connectivity index (χ4v) is 4.83. The molecule has 0 radical (unpaired) electrons. The van der Waals surface area contributed by atoms with Gasteiger partial charge in [-0.1, -0.05) is 0 Å². The van der Waals surface area contributed by atoms with Crippen LogP contribution in [0.5, 0.6) is 0 Å². The van der Waals surface area contributed by atoms with E-state index in [9.17, 15) is 4.79 Å². The lowest BCUT2D eigenvalue weighted by Crippen LogP contribution is -2.38. The zero-order valence-electron chi connectivity index (χ0n) is 14.7. The lowest BCUT2D eigenvalue weighted by molar-refractivity contribution is -0.132. The molecule has 7 heteroatoms. The normalized spacial score (nSPS) is 16.0. The number of nitrogens with zero attached hydrogens (tertiary/aromatic N) is 5. The van der Waals surface area contributed by atoms with Gasteiger partial charge >= 0.3 is 0 Å². The lowest BCUT2D eigenvalue weighted by Gasteiger charge is -2.31. The second kappa shape index (κ2) is 6.63. The van der Waals surface area contributed by atoms with Crippen molar-refractivity contribution in [3.8, 4) is 0 Å². The summed E-state index contributed by atoms with van der Waals surface area (Å²) in [6.45, 7) is 6.56. The molecule has 132 valence electrons. The number of fused-ring (bicyclic) bond motifs is 1. The van der Waals surface area contributed by atoms with Gasteiger partial charge in [-0.25, -0.2) is 9.97 Å². The number of hydrogen-bond acceptors (Lipinski definition) is 4. The van der Waals surface area contributed by atoms with Gasteiger partial charge in [-0.15, -0.1) is 11.3 Å². The predicted octanol–water partition coefficient (Wildman–Crippen LogP) is 3.01. The summed E-state index contributed by atoms with van der Waals surface area (Å²) in [5.41, 5.74) is 2.48. The first kappa shape index (κ1) is 16.3. The fraction of sp³-hybridized carbons (Fsp3) is 0.500. The molecule has 1 amide bonds. The molecule has 1 saturated heterocycles. The molecule has 1 aliphatic heterocycles. The number of imidazole rings is 2. The van der Waals surface area contributed by atoms with Gasteiger partial charge in [0.2, 0.25) is 5.91 Å². The van der Waals surface area contributed by atoms with Gasteiger partial charge in [0.1, 0.15) is 10.7 Å². The molecule has 1 fully saturated rings. The Morgan fingerprint density at radius 2 is 2.12 bits per heavy atom. The number of aryl methyl sites for hydroxylation is 3. The Kier molecular flexibility index (Phi) is 4.33. The Morgan fingerprint density at radius 1 is 1.32 bits per heavy atom. The number of aromatic nitrogens is 4. The van der Waals surface area contributed by atoms with Gasteiger partial charge < -0.3 is 9.47 Å². The van der Waals surface area contributed by atoms with Crippen LogP contribution in [0.15, 0.2) is 24.1 Å². The summed E-state index contributed by atoms with van der Waals surface area (Å²) in [5, 5.41) is 2.20. The standard InChI is InChI=1S/C18H23N5OS/c1-13-11-25-18-17(20-14(2)23(13)18)15-3-8-22(9-4-15)16(24)5-7-21-10-6-19-12-21/h6,10-12,15H,3-5,7-9H2,1-2H3. The quantitative estimate of drug-likeness (QED) is 0.721. The van der Waals surface area contributed by atoms with Gasteiger partial charge in [0, 0.05) is 55.4 Å². The molecule has 3 aromatic heterocycles. The van der Waals surface area contributed by atoms with E-state index in [4.69, 9.17) is 4.98 Å². The maximum atomic E-state index is 12.4. The molecule has 0 atom stereocenters. The average Bonchev–Trinajstić information content (AvgIpc) is 3.33. The Labute approximate surface area is 151 Å². The first-order valence-electron chi connectivity index (χ1n) is 8.80. The number of amides is 1. The van der Waals surface area contributed by atoms with Crippen molar-refractivity contribution in [2.75, 3.05) is 13.1 Å². The summed E-state index contributed by atoms with van der Waals surface area (Å²) >= 11 is 1.78. The Balaban J connectivity index is 1.38. The highest BCUT2D eigenvalue weighted by molar-refractivity contribution is 7.15. The van der Waals surface area contributed by atoms with Gasteiger partial charge in [-0.05, 0) is 26.7 Å². The molecule has 0 aromatic carbocycles. The molecular weight excluding hydrogens is 334 g/mol. The van der Waals surface area contributed by atoms with Crippen LogP contribution in [0, 0.1) is 13.8 Å². The molecule has 0 spiro atoms. The van der Waals surface area contributed by atoms with Crippen LogP contribution in [-0.4, -0.2) is 42.8 Å². The lowest BCUT2D eigenvalue weighted by atomic mass is 9.94. The van der Waals surface area contributed by atoms with Gasteiger partial charge in [0.05, 0.1) is 12.0 Å². The third-order valence-corrected chi connectivity index (χ3v) is 6.17. The van der Waals surface area contributed by atoms with E-state index < -0.39 is 0 Å². The van der Waals surface area contributed by atoms with E-state index in [0.29, 0.717) is 18.9 Å². The highest BCUT2D eigenvalue weighted by Crippen LogP contribution is 2.33. The van der Waals surface area contributed by atoms with Crippen LogP contribution in [0.2, 0.25) is 0 Å². The molecule has 0 bridgehead atoms. The van der Waals surface area contributed by atoms with Crippen molar-refractivity contribution < 1.29 is 4.79 Å². The Bertz CT molecular complexity index is 871. The van der Waals surface area contributed by atoms with Gasteiger partial charge in [-0.3, -0.25) is 9.20 Å².